The quantitative estimate of drug-likeness (QED) is 0.603. The fourth-order valence-electron chi connectivity index (χ4n) is 1.06. The predicted molar refractivity (Wildman–Crippen MR) is 42.7 cm³/mol. The molecule has 0 unspecified atom stereocenters. The highest BCUT2D eigenvalue weighted by atomic mass is 16.5. The number of carbonyl (C=O) groups is 1. The highest BCUT2D eigenvalue weighted by molar-refractivity contribution is 5.72. The van der Waals surface area contributed by atoms with Gasteiger partial charge in [-0.2, -0.15) is 10.1 Å². The van der Waals surface area contributed by atoms with E-state index >= 15 is 0 Å². The van der Waals surface area contributed by atoms with Crippen molar-refractivity contribution in [2.75, 3.05) is 7.11 Å². The summed E-state index contributed by atoms with van der Waals surface area (Å²) >= 11 is 0. The zero-order valence-electron chi connectivity index (χ0n) is 6.84. The second-order valence-corrected chi connectivity index (χ2v) is 2.30. The predicted octanol–water partition coefficient (Wildman–Crippen LogP) is -0.0546. The first kappa shape index (κ1) is 7.66. The van der Waals surface area contributed by atoms with Crippen LogP contribution in [0.25, 0.3) is 5.52 Å². The third kappa shape index (κ3) is 1.03. The maximum atomic E-state index is 10.5. The molecule has 0 atom stereocenters. The average molecular weight is 178 g/mol. The van der Waals surface area contributed by atoms with Gasteiger partial charge in [0.2, 0.25) is 5.88 Å². The van der Waals surface area contributed by atoms with Gasteiger partial charge < -0.3 is 4.74 Å². The summed E-state index contributed by atoms with van der Waals surface area (Å²) in [6.45, 7) is 0. The van der Waals surface area contributed by atoms with Gasteiger partial charge in [-0.15, -0.1) is 0 Å². The summed E-state index contributed by atoms with van der Waals surface area (Å²) in [6.07, 6.45) is 3.42. The molecule has 6 heteroatoms. The molecule has 2 aromatic rings. The van der Waals surface area contributed by atoms with E-state index in [9.17, 15) is 4.79 Å². The van der Waals surface area contributed by atoms with E-state index in [0.717, 1.165) is 0 Å². The molecular formula is C7H6N4O2. The SMILES string of the molecule is COc1ncnn2c(C=O)ncc12. The molecule has 0 saturated carbocycles. The van der Waals surface area contributed by atoms with Crippen LogP contribution in [0.5, 0.6) is 5.88 Å². The largest absolute Gasteiger partial charge is 0.479 e. The summed E-state index contributed by atoms with van der Waals surface area (Å²) in [4.78, 5) is 18.2. The van der Waals surface area contributed by atoms with Crippen molar-refractivity contribution in [1.29, 1.82) is 0 Å². The Balaban J connectivity index is 2.79. The molecule has 0 radical (unpaired) electrons. The molecule has 66 valence electrons. The third-order valence-electron chi connectivity index (χ3n) is 1.62. The minimum atomic E-state index is 0.232. The van der Waals surface area contributed by atoms with Crippen LogP contribution in [0.1, 0.15) is 10.6 Å². The number of aromatic nitrogens is 4. The number of rotatable bonds is 2. The van der Waals surface area contributed by atoms with Gasteiger partial charge in [-0.1, -0.05) is 0 Å². The topological polar surface area (TPSA) is 69.4 Å². The Labute approximate surface area is 73.2 Å². The summed E-state index contributed by atoms with van der Waals surface area (Å²) in [5.41, 5.74) is 0.576. The molecule has 0 saturated heterocycles. The van der Waals surface area contributed by atoms with E-state index in [2.05, 4.69) is 15.1 Å². The van der Waals surface area contributed by atoms with Crippen molar-refractivity contribution in [2.24, 2.45) is 0 Å². The minimum Gasteiger partial charge on any atom is -0.479 e. The lowest BCUT2D eigenvalue weighted by molar-refractivity contribution is 0.111. The lowest BCUT2D eigenvalue weighted by atomic mass is 10.6. The first-order valence-electron chi connectivity index (χ1n) is 3.54. The molecular weight excluding hydrogens is 172 g/mol. The number of aldehydes is 1. The molecule has 2 aromatic heterocycles. The Morgan fingerprint density at radius 2 is 2.38 bits per heavy atom. The van der Waals surface area contributed by atoms with Crippen LogP contribution in [0.3, 0.4) is 0 Å². The van der Waals surface area contributed by atoms with Crippen LogP contribution in [-0.2, 0) is 0 Å². The van der Waals surface area contributed by atoms with Crippen molar-refractivity contribution in [3.05, 3.63) is 18.3 Å². The Kier molecular flexibility index (Phi) is 1.66. The smallest absolute Gasteiger partial charge is 0.243 e. The molecule has 0 aliphatic carbocycles. The van der Waals surface area contributed by atoms with Crippen LogP contribution in [-0.4, -0.2) is 33.0 Å². The van der Waals surface area contributed by atoms with E-state index < -0.39 is 0 Å². The molecule has 0 N–H and O–H groups in total. The minimum absolute atomic E-state index is 0.232. The summed E-state index contributed by atoms with van der Waals surface area (Å²) in [5.74, 6) is 0.631. The van der Waals surface area contributed by atoms with Gasteiger partial charge >= 0.3 is 0 Å². The number of carbonyl (C=O) groups excluding carboxylic acids is 1. The molecule has 0 bridgehead atoms. The van der Waals surface area contributed by atoms with Crippen LogP contribution in [0.4, 0.5) is 0 Å². The second-order valence-electron chi connectivity index (χ2n) is 2.30. The number of imidazole rings is 1. The number of ether oxygens (including phenoxy) is 1. The van der Waals surface area contributed by atoms with Crippen LogP contribution in [0.15, 0.2) is 12.5 Å². The number of hydrogen-bond acceptors (Lipinski definition) is 5. The maximum Gasteiger partial charge on any atom is 0.243 e. The van der Waals surface area contributed by atoms with Gasteiger partial charge in [0, 0.05) is 0 Å². The van der Waals surface area contributed by atoms with E-state index in [1.54, 1.807) is 0 Å². The van der Waals surface area contributed by atoms with E-state index in [1.807, 2.05) is 0 Å². The van der Waals surface area contributed by atoms with Crippen molar-refractivity contribution >= 4 is 11.8 Å². The van der Waals surface area contributed by atoms with Crippen LogP contribution < -0.4 is 4.74 Å². The first-order valence-corrected chi connectivity index (χ1v) is 3.54. The monoisotopic (exact) mass is 178 g/mol. The van der Waals surface area contributed by atoms with Gasteiger partial charge in [0.05, 0.1) is 13.3 Å². The molecule has 0 fully saturated rings. The van der Waals surface area contributed by atoms with E-state index in [0.29, 0.717) is 17.7 Å². The average Bonchev–Trinajstić information content (AvgIpc) is 2.60. The second kappa shape index (κ2) is 2.81. The molecule has 2 rings (SSSR count). The molecule has 13 heavy (non-hydrogen) atoms. The van der Waals surface area contributed by atoms with Crippen molar-refractivity contribution in [1.82, 2.24) is 19.6 Å². The molecule has 0 aromatic carbocycles. The summed E-state index contributed by atoms with van der Waals surface area (Å²) in [5, 5.41) is 3.85. The van der Waals surface area contributed by atoms with Crippen LogP contribution in [0, 0.1) is 0 Å². The number of fused-ring (bicyclic) bond motifs is 1. The van der Waals surface area contributed by atoms with Gasteiger partial charge in [0.15, 0.2) is 12.1 Å². The van der Waals surface area contributed by atoms with Gasteiger partial charge in [-0.05, 0) is 0 Å². The number of hydrogen-bond donors (Lipinski definition) is 0. The van der Waals surface area contributed by atoms with Crippen molar-refractivity contribution < 1.29 is 9.53 Å². The van der Waals surface area contributed by atoms with Crippen LogP contribution >= 0.6 is 0 Å². The van der Waals surface area contributed by atoms with Gasteiger partial charge in [0.25, 0.3) is 0 Å². The number of nitrogens with zero attached hydrogens (tertiary/aromatic N) is 4. The Bertz CT molecular complexity index is 451. The van der Waals surface area contributed by atoms with Crippen molar-refractivity contribution in [3.8, 4) is 5.88 Å². The third-order valence-corrected chi connectivity index (χ3v) is 1.62. The highest BCUT2D eigenvalue weighted by Crippen LogP contribution is 2.14. The molecule has 0 aliphatic rings. The maximum absolute atomic E-state index is 10.5. The van der Waals surface area contributed by atoms with Gasteiger partial charge in [-0.25, -0.2) is 9.50 Å². The van der Waals surface area contributed by atoms with E-state index in [-0.39, 0.29) is 5.82 Å². The van der Waals surface area contributed by atoms with Gasteiger partial charge in [0.1, 0.15) is 11.8 Å². The molecule has 2 heterocycles. The fraction of sp³-hybridized carbons (Fsp3) is 0.143. The Morgan fingerprint density at radius 1 is 1.54 bits per heavy atom. The van der Waals surface area contributed by atoms with Crippen molar-refractivity contribution in [2.45, 2.75) is 0 Å². The lowest BCUT2D eigenvalue weighted by Gasteiger charge is -1.98. The normalized spacial score (nSPS) is 10.2. The zero-order chi connectivity index (χ0) is 9.26. The standard InChI is InChI=1S/C7H6N4O2/c1-13-7-5-2-8-6(3-12)11(5)10-4-9-7/h2-4H,1H3. The number of methoxy groups -OCH3 is 1. The van der Waals surface area contributed by atoms with Crippen LogP contribution in [0.2, 0.25) is 0 Å². The summed E-state index contributed by atoms with van der Waals surface area (Å²) in [7, 11) is 1.50. The highest BCUT2D eigenvalue weighted by Gasteiger charge is 2.08. The summed E-state index contributed by atoms with van der Waals surface area (Å²) in [6, 6.07) is 0. The molecule has 0 amide bonds. The lowest BCUT2D eigenvalue weighted by Crippen LogP contribution is -2.00. The fourth-order valence-corrected chi connectivity index (χ4v) is 1.06. The van der Waals surface area contributed by atoms with E-state index in [4.69, 9.17) is 4.74 Å². The van der Waals surface area contributed by atoms with Crippen molar-refractivity contribution in [3.63, 3.8) is 0 Å². The van der Waals surface area contributed by atoms with E-state index in [1.165, 1.54) is 24.1 Å². The molecule has 0 spiro atoms. The first-order chi connectivity index (χ1) is 6.36. The molecule has 6 nitrogen and oxygen atoms in total. The Morgan fingerprint density at radius 3 is 3.08 bits per heavy atom. The Hall–Kier alpha value is -1.98. The summed E-state index contributed by atoms with van der Waals surface area (Å²) < 4.78 is 6.33. The van der Waals surface area contributed by atoms with Gasteiger partial charge in [-0.3, -0.25) is 4.79 Å². The molecule has 0 aliphatic heterocycles. The zero-order valence-corrected chi connectivity index (χ0v) is 6.84.